The van der Waals surface area contributed by atoms with Crippen molar-refractivity contribution < 1.29 is 19.1 Å². The number of allylic oxidation sites excluding steroid dienone is 2. The van der Waals surface area contributed by atoms with Gasteiger partial charge in [0.05, 0.1) is 24.4 Å². The Morgan fingerprint density at radius 1 is 0.756 bits per heavy atom. The maximum absolute atomic E-state index is 13.7. The van der Waals surface area contributed by atoms with Crippen molar-refractivity contribution in [1.82, 2.24) is 9.97 Å². The summed E-state index contributed by atoms with van der Waals surface area (Å²) in [4.78, 5) is 37.7. The number of benzene rings is 1. The number of rotatable bonds is 12. The van der Waals surface area contributed by atoms with E-state index in [0.29, 0.717) is 24.0 Å². The zero-order valence-corrected chi connectivity index (χ0v) is 24.4. The van der Waals surface area contributed by atoms with Gasteiger partial charge in [-0.15, -0.1) is 0 Å². The summed E-state index contributed by atoms with van der Waals surface area (Å²) in [5, 5.41) is 0. The van der Waals surface area contributed by atoms with Crippen molar-refractivity contribution in [3.63, 3.8) is 0 Å². The van der Waals surface area contributed by atoms with E-state index in [0.717, 1.165) is 41.1 Å². The lowest BCUT2D eigenvalue weighted by Crippen LogP contribution is -2.38. The summed E-state index contributed by atoms with van der Waals surface area (Å²) < 4.78 is 11.6. The highest BCUT2D eigenvalue weighted by molar-refractivity contribution is 5.99. The van der Waals surface area contributed by atoms with E-state index in [1.54, 1.807) is 12.4 Å². The smallest absolute Gasteiger partial charge is 0.336 e. The molecule has 3 heterocycles. The average molecular weight is 554 g/mol. The molecular weight excluding hydrogens is 514 g/mol. The third kappa shape index (κ3) is 7.48. The van der Waals surface area contributed by atoms with Crippen LogP contribution in [-0.4, -0.2) is 35.1 Å². The minimum atomic E-state index is -0.452. The number of para-hydroxylation sites is 1. The van der Waals surface area contributed by atoms with E-state index in [9.17, 15) is 9.59 Å². The number of nitrogens with zero attached hydrogens (tertiary/aromatic N) is 3. The van der Waals surface area contributed by atoms with E-state index in [1.165, 1.54) is 0 Å². The number of esters is 2. The molecule has 4 rings (SSSR count). The summed E-state index contributed by atoms with van der Waals surface area (Å²) in [6.07, 6.45) is 10.0. The Morgan fingerprint density at radius 3 is 1.66 bits per heavy atom. The van der Waals surface area contributed by atoms with E-state index in [-0.39, 0.29) is 19.1 Å². The van der Waals surface area contributed by atoms with Crippen LogP contribution in [0.3, 0.4) is 0 Å². The van der Waals surface area contributed by atoms with Gasteiger partial charge < -0.3 is 14.4 Å². The van der Waals surface area contributed by atoms with E-state index in [4.69, 9.17) is 9.47 Å². The lowest BCUT2D eigenvalue weighted by molar-refractivity contribution is -0.141. The molecule has 1 aliphatic heterocycles. The van der Waals surface area contributed by atoms with E-state index < -0.39 is 17.9 Å². The minimum absolute atomic E-state index is 0.0336. The van der Waals surface area contributed by atoms with Crippen molar-refractivity contribution in [2.24, 2.45) is 11.8 Å². The Balaban J connectivity index is 1.56. The molecule has 0 N–H and O–H groups in total. The first-order valence-corrected chi connectivity index (χ1v) is 14.3. The predicted octanol–water partition coefficient (Wildman–Crippen LogP) is 6.47. The Morgan fingerprint density at radius 2 is 1.24 bits per heavy atom. The van der Waals surface area contributed by atoms with Crippen molar-refractivity contribution in [3.8, 4) is 0 Å². The first-order valence-electron chi connectivity index (χ1n) is 14.3. The van der Waals surface area contributed by atoms with Crippen molar-refractivity contribution in [1.29, 1.82) is 0 Å². The number of hydrogen-bond acceptors (Lipinski definition) is 7. The minimum Gasteiger partial charge on any atom is -0.462 e. The normalized spacial score (nSPS) is 14.0. The molecule has 0 spiro atoms. The van der Waals surface area contributed by atoms with Crippen molar-refractivity contribution in [3.05, 3.63) is 113 Å². The fraction of sp³-hybridized carbons (Fsp3) is 0.353. The zero-order chi connectivity index (χ0) is 29.2. The molecule has 0 bridgehead atoms. The standard InChI is InChI=1S/C34H39N3O4/c1-24(2)30-31(33(38)40-20-10-14-27-12-8-18-35-22-27)25(3)37(29-16-6-5-7-17-29)26(4)32(30)34(39)41-21-11-15-28-13-9-19-36-23-28/h5-9,12-13,16-19,22-24,30H,10-11,14-15,20-21H2,1-4H3. The Labute approximate surface area is 242 Å². The fourth-order valence-electron chi connectivity index (χ4n) is 5.40. The second-order valence-corrected chi connectivity index (χ2v) is 10.6. The molecule has 41 heavy (non-hydrogen) atoms. The molecule has 7 heteroatoms. The molecule has 0 atom stereocenters. The molecule has 0 saturated carbocycles. The SMILES string of the molecule is CC1=C(C(=O)OCCCc2cccnc2)C(C(C)C)C(C(=O)OCCCc2cccnc2)=C(C)N1c1ccccc1. The Kier molecular flexibility index (Phi) is 10.4. The monoisotopic (exact) mass is 553 g/mol. The average Bonchev–Trinajstić information content (AvgIpc) is 2.98. The van der Waals surface area contributed by atoms with E-state index in [2.05, 4.69) is 9.97 Å². The summed E-state index contributed by atoms with van der Waals surface area (Å²) in [5.74, 6) is -1.29. The lowest BCUT2D eigenvalue weighted by atomic mass is 9.77. The number of hydrogen-bond donors (Lipinski definition) is 0. The van der Waals surface area contributed by atoms with Gasteiger partial charge in [-0.3, -0.25) is 9.97 Å². The molecule has 214 valence electrons. The Bertz CT molecular complexity index is 1290. The maximum atomic E-state index is 13.7. The van der Waals surface area contributed by atoms with Crippen molar-refractivity contribution in [2.45, 2.75) is 53.4 Å². The summed E-state index contributed by atoms with van der Waals surface area (Å²) in [5.41, 5.74) is 5.58. The van der Waals surface area contributed by atoms with Gasteiger partial charge >= 0.3 is 11.9 Å². The molecule has 0 radical (unpaired) electrons. The summed E-state index contributed by atoms with van der Waals surface area (Å²) in [6, 6.07) is 17.6. The number of ether oxygens (including phenoxy) is 2. The molecule has 3 aromatic rings. The quantitative estimate of drug-likeness (QED) is 0.188. The van der Waals surface area contributed by atoms with Gasteiger partial charge in [0.2, 0.25) is 0 Å². The first-order chi connectivity index (χ1) is 19.9. The molecule has 0 fully saturated rings. The second-order valence-electron chi connectivity index (χ2n) is 10.6. The third-order valence-corrected chi connectivity index (χ3v) is 7.32. The number of pyridine rings is 2. The number of carbonyl (C=O) groups is 2. The number of aryl methyl sites for hydroxylation is 2. The highest BCUT2D eigenvalue weighted by Gasteiger charge is 2.41. The largest absolute Gasteiger partial charge is 0.462 e. The van der Waals surface area contributed by atoms with Crippen LogP contribution in [0.2, 0.25) is 0 Å². The predicted molar refractivity (Wildman–Crippen MR) is 160 cm³/mol. The van der Waals surface area contributed by atoms with Gasteiger partial charge in [-0.2, -0.15) is 0 Å². The van der Waals surface area contributed by atoms with Crippen LogP contribution in [0.25, 0.3) is 0 Å². The van der Waals surface area contributed by atoms with Gasteiger partial charge in [-0.1, -0.05) is 44.2 Å². The second kappa shape index (κ2) is 14.4. The maximum Gasteiger partial charge on any atom is 0.336 e. The van der Waals surface area contributed by atoms with Gasteiger partial charge in [-0.05, 0) is 80.8 Å². The zero-order valence-electron chi connectivity index (χ0n) is 24.4. The van der Waals surface area contributed by atoms with Gasteiger partial charge in [0, 0.05) is 47.8 Å². The number of carbonyl (C=O) groups excluding carboxylic acids is 2. The van der Waals surface area contributed by atoms with Gasteiger partial charge in [-0.25, -0.2) is 9.59 Å². The van der Waals surface area contributed by atoms with Crippen molar-refractivity contribution in [2.75, 3.05) is 18.1 Å². The van der Waals surface area contributed by atoms with Gasteiger partial charge in [0.1, 0.15) is 0 Å². The highest BCUT2D eigenvalue weighted by Crippen LogP contribution is 2.42. The molecule has 0 aliphatic carbocycles. The van der Waals surface area contributed by atoms with E-state index in [1.807, 2.05) is 99.6 Å². The number of anilines is 1. The highest BCUT2D eigenvalue weighted by atomic mass is 16.5. The van der Waals surface area contributed by atoms with Crippen LogP contribution in [-0.2, 0) is 31.9 Å². The van der Waals surface area contributed by atoms with Crippen LogP contribution in [0.15, 0.2) is 102 Å². The summed E-state index contributed by atoms with van der Waals surface area (Å²) in [7, 11) is 0. The fourth-order valence-corrected chi connectivity index (χ4v) is 5.40. The summed E-state index contributed by atoms with van der Waals surface area (Å²) in [6.45, 7) is 8.45. The van der Waals surface area contributed by atoms with Gasteiger partial charge in [0.25, 0.3) is 0 Å². The number of aromatic nitrogens is 2. The third-order valence-electron chi connectivity index (χ3n) is 7.32. The molecule has 0 saturated heterocycles. The van der Waals surface area contributed by atoms with E-state index >= 15 is 0 Å². The summed E-state index contributed by atoms with van der Waals surface area (Å²) >= 11 is 0. The molecule has 2 aromatic heterocycles. The molecule has 1 aromatic carbocycles. The lowest BCUT2D eigenvalue weighted by Gasteiger charge is -2.39. The molecule has 7 nitrogen and oxygen atoms in total. The van der Waals surface area contributed by atoms with Crippen LogP contribution >= 0.6 is 0 Å². The molecular formula is C34H39N3O4. The van der Waals surface area contributed by atoms with Crippen LogP contribution in [0.1, 0.15) is 51.7 Å². The van der Waals surface area contributed by atoms with Crippen LogP contribution in [0.5, 0.6) is 0 Å². The van der Waals surface area contributed by atoms with Crippen LogP contribution < -0.4 is 4.90 Å². The molecule has 0 unspecified atom stereocenters. The molecule has 0 amide bonds. The topological polar surface area (TPSA) is 81.6 Å². The van der Waals surface area contributed by atoms with Gasteiger partial charge in [0.15, 0.2) is 0 Å². The van der Waals surface area contributed by atoms with Crippen molar-refractivity contribution >= 4 is 17.6 Å². The Hall–Kier alpha value is -4.26. The van der Waals surface area contributed by atoms with Crippen LogP contribution in [0.4, 0.5) is 5.69 Å². The first kappa shape index (κ1) is 29.7. The molecule has 1 aliphatic rings. The van der Waals surface area contributed by atoms with Crippen LogP contribution in [0, 0.1) is 11.8 Å².